The summed E-state index contributed by atoms with van der Waals surface area (Å²) in [6.07, 6.45) is -0.163. The van der Waals surface area contributed by atoms with Gasteiger partial charge in [-0.15, -0.1) is 0 Å². The monoisotopic (exact) mass is 311 g/mol. The first-order valence-electron chi connectivity index (χ1n) is 6.66. The van der Waals surface area contributed by atoms with E-state index < -0.39 is 28.9 Å². The van der Waals surface area contributed by atoms with E-state index in [0.29, 0.717) is 5.76 Å². The van der Waals surface area contributed by atoms with Gasteiger partial charge < -0.3 is 14.7 Å². The van der Waals surface area contributed by atoms with Crippen molar-refractivity contribution in [1.82, 2.24) is 5.16 Å². The van der Waals surface area contributed by atoms with Gasteiger partial charge in [-0.3, -0.25) is 19.2 Å². The van der Waals surface area contributed by atoms with Crippen LogP contribution in [0.1, 0.15) is 48.9 Å². The first kappa shape index (κ1) is 17.5. The van der Waals surface area contributed by atoms with Crippen molar-refractivity contribution >= 4 is 23.5 Å². The third-order valence-corrected chi connectivity index (χ3v) is 3.41. The minimum atomic E-state index is -2.26. The molecule has 0 fully saturated rings. The molecule has 22 heavy (non-hydrogen) atoms. The number of Topliss-reactive ketones (excluding diaryl/α,β-unsaturated/α-hetero) is 2. The Morgan fingerprint density at radius 1 is 1.23 bits per heavy atom. The van der Waals surface area contributed by atoms with E-state index in [1.54, 1.807) is 0 Å². The molecule has 2 N–H and O–H groups in total. The maximum atomic E-state index is 12.5. The van der Waals surface area contributed by atoms with Crippen molar-refractivity contribution < 1.29 is 33.9 Å². The summed E-state index contributed by atoms with van der Waals surface area (Å²) >= 11 is 0. The Bertz CT molecular complexity index is 588. The number of ketones is 2. The molecule has 0 aliphatic heterocycles. The summed E-state index contributed by atoms with van der Waals surface area (Å²) in [5.74, 6) is -4.04. The zero-order valence-corrected chi connectivity index (χ0v) is 12.3. The van der Waals surface area contributed by atoms with Crippen LogP contribution in [0.4, 0.5) is 0 Å². The van der Waals surface area contributed by atoms with Gasteiger partial charge in [0, 0.05) is 12.5 Å². The highest BCUT2D eigenvalue weighted by Gasteiger charge is 2.51. The van der Waals surface area contributed by atoms with Crippen molar-refractivity contribution in [1.29, 1.82) is 0 Å². The van der Waals surface area contributed by atoms with Crippen LogP contribution in [0.2, 0.25) is 0 Å². The van der Waals surface area contributed by atoms with Crippen molar-refractivity contribution in [2.75, 3.05) is 0 Å². The lowest BCUT2D eigenvalue weighted by atomic mass is 9.74. The molecule has 1 atom stereocenters. The summed E-state index contributed by atoms with van der Waals surface area (Å²) in [6, 6.07) is 1.26. The maximum Gasteiger partial charge on any atom is 0.325 e. The Hall–Kier alpha value is -2.51. The Labute approximate surface area is 126 Å². The highest BCUT2D eigenvalue weighted by Crippen LogP contribution is 2.31. The number of carbonyl (C=O) groups excluding carboxylic acids is 2. The van der Waals surface area contributed by atoms with E-state index in [1.807, 2.05) is 0 Å². The fourth-order valence-electron chi connectivity index (χ4n) is 2.16. The summed E-state index contributed by atoms with van der Waals surface area (Å²) in [4.78, 5) is 46.4. The van der Waals surface area contributed by atoms with Crippen molar-refractivity contribution in [2.45, 2.75) is 39.5 Å². The molecule has 0 saturated heterocycles. The lowest BCUT2D eigenvalue weighted by Crippen LogP contribution is -2.45. The second-order valence-electron chi connectivity index (χ2n) is 5.02. The summed E-state index contributed by atoms with van der Waals surface area (Å²) in [5, 5.41) is 21.5. The van der Waals surface area contributed by atoms with Crippen LogP contribution in [0.3, 0.4) is 0 Å². The first-order valence-corrected chi connectivity index (χ1v) is 6.66. The number of aliphatic carboxylic acids is 2. The Balaban J connectivity index is 3.05. The fourth-order valence-corrected chi connectivity index (χ4v) is 2.16. The molecule has 0 saturated carbocycles. The van der Waals surface area contributed by atoms with E-state index in [0.717, 1.165) is 6.92 Å². The number of nitrogens with zero attached hydrogens (tertiary/aromatic N) is 1. The highest BCUT2D eigenvalue weighted by molar-refractivity contribution is 6.25. The average Bonchev–Trinajstić information content (AvgIpc) is 2.83. The number of hydrogen-bond donors (Lipinski definition) is 2. The topological polar surface area (TPSA) is 135 Å². The van der Waals surface area contributed by atoms with Gasteiger partial charge in [-0.25, -0.2) is 0 Å². The average molecular weight is 311 g/mol. The molecule has 1 rings (SSSR count). The highest BCUT2D eigenvalue weighted by atomic mass is 16.5. The van der Waals surface area contributed by atoms with Gasteiger partial charge in [-0.05, 0) is 26.7 Å². The summed E-state index contributed by atoms with van der Waals surface area (Å²) in [7, 11) is 0. The third kappa shape index (κ3) is 3.57. The molecule has 8 heteroatoms. The lowest BCUT2D eigenvalue weighted by Gasteiger charge is -2.24. The predicted molar refractivity (Wildman–Crippen MR) is 72.4 cm³/mol. The Morgan fingerprint density at radius 3 is 2.27 bits per heavy atom. The number of carboxylic acids is 2. The second-order valence-corrected chi connectivity index (χ2v) is 5.02. The van der Waals surface area contributed by atoms with Crippen molar-refractivity contribution in [3.05, 3.63) is 17.5 Å². The molecule has 0 amide bonds. The van der Waals surface area contributed by atoms with Gasteiger partial charge in [0.2, 0.25) is 5.78 Å². The number of hydrogen-bond acceptors (Lipinski definition) is 6. The van der Waals surface area contributed by atoms with Gasteiger partial charge in [-0.2, -0.15) is 0 Å². The van der Waals surface area contributed by atoms with Crippen LogP contribution in [0, 0.1) is 12.3 Å². The molecule has 1 heterocycles. The first-order chi connectivity index (χ1) is 10.2. The standard InChI is InChI=1S/C14H17NO7/c1-8-7-10(15-22-8)12(19)14(9(2)16,13(20)21)6-4-3-5-11(17)18/h7H,3-6H2,1-2H3,(H,17,18)(H,20,21). The molecule has 1 aromatic heterocycles. The van der Waals surface area contributed by atoms with Crippen LogP contribution in [-0.2, 0) is 14.4 Å². The largest absolute Gasteiger partial charge is 0.481 e. The van der Waals surface area contributed by atoms with Crippen molar-refractivity contribution in [2.24, 2.45) is 5.41 Å². The van der Waals surface area contributed by atoms with Crippen LogP contribution in [0.25, 0.3) is 0 Å². The number of rotatable bonds is 9. The summed E-state index contributed by atoms with van der Waals surface area (Å²) in [5.41, 5.74) is -2.49. The van der Waals surface area contributed by atoms with E-state index in [9.17, 15) is 24.3 Å². The molecule has 1 unspecified atom stereocenters. The summed E-state index contributed by atoms with van der Waals surface area (Å²) < 4.78 is 4.74. The van der Waals surface area contributed by atoms with E-state index >= 15 is 0 Å². The maximum absolute atomic E-state index is 12.5. The molecule has 0 aliphatic rings. The zero-order valence-electron chi connectivity index (χ0n) is 12.3. The van der Waals surface area contributed by atoms with E-state index in [1.165, 1.54) is 13.0 Å². The van der Waals surface area contributed by atoms with E-state index in [2.05, 4.69) is 5.16 Å². The number of carbonyl (C=O) groups is 4. The molecular formula is C14H17NO7. The van der Waals surface area contributed by atoms with E-state index in [4.69, 9.17) is 9.63 Å². The molecule has 0 bridgehead atoms. The van der Waals surface area contributed by atoms with Crippen LogP contribution >= 0.6 is 0 Å². The van der Waals surface area contributed by atoms with Crippen LogP contribution in [-0.4, -0.2) is 38.9 Å². The van der Waals surface area contributed by atoms with Gasteiger partial charge in [-0.1, -0.05) is 11.6 Å². The molecular weight excluding hydrogens is 294 g/mol. The van der Waals surface area contributed by atoms with Gasteiger partial charge in [0.1, 0.15) is 5.76 Å². The Morgan fingerprint density at radius 2 is 1.86 bits per heavy atom. The van der Waals surface area contributed by atoms with Gasteiger partial charge in [0.25, 0.3) is 0 Å². The quantitative estimate of drug-likeness (QED) is 0.397. The van der Waals surface area contributed by atoms with Crippen molar-refractivity contribution in [3.8, 4) is 0 Å². The van der Waals surface area contributed by atoms with Gasteiger partial charge in [0.15, 0.2) is 16.9 Å². The number of carboxylic acid groups (broad SMARTS) is 2. The molecule has 0 spiro atoms. The zero-order chi connectivity index (χ0) is 16.9. The number of aromatic nitrogens is 1. The fraction of sp³-hybridized carbons (Fsp3) is 0.500. The molecule has 0 radical (unpaired) electrons. The van der Waals surface area contributed by atoms with Gasteiger partial charge >= 0.3 is 11.9 Å². The van der Waals surface area contributed by atoms with Crippen molar-refractivity contribution in [3.63, 3.8) is 0 Å². The minimum absolute atomic E-state index is 0.112. The minimum Gasteiger partial charge on any atom is -0.481 e. The van der Waals surface area contributed by atoms with Crippen LogP contribution < -0.4 is 0 Å². The van der Waals surface area contributed by atoms with Crippen LogP contribution in [0.5, 0.6) is 0 Å². The molecule has 0 aromatic carbocycles. The molecule has 120 valence electrons. The normalized spacial score (nSPS) is 13.4. The Kier molecular flexibility index (Phi) is 5.56. The SMILES string of the molecule is CC(=O)C(CCCCC(=O)O)(C(=O)O)C(=O)c1cc(C)on1. The predicted octanol–water partition coefficient (Wildman–Crippen LogP) is 1.47. The number of aryl methyl sites for hydroxylation is 1. The van der Waals surface area contributed by atoms with E-state index in [-0.39, 0.29) is 31.4 Å². The smallest absolute Gasteiger partial charge is 0.325 e. The molecule has 1 aromatic rings. The third-order valence-electron chi connectivity index (χ3n) is 3.41. The number of unbranched alkanes of at least 4 members (excludes halogenated alkanes) is 1. The van der Waals surface area contributed by atoms with Crippen LogP contribution in [0.15, 0.2) is 10.6 Å². The molecule has 8 nitrogen and oxygen atoms in total. The molecule has 0 aliphatic carbocycles. The van der Waals surface area contributed by atoms with Gasteiger partial charge in [0.05, 0.1) is 0 Å². The summed E-state index contributed by atoms with van der Waals surface area (Å²) in [6.45, 7) is 2.56. The second kappa shape index (κ2) is 6.97. The lowest BCUT2D eigenvalue weighted by molar-refractivity contribution is -0.151.